The molecule has 1 unspecified atom stereocenters. The van der Waals surface area contributed by atoms with E-state index >= 15 is 0 Å². The van der Waals surface area contributed by atoms with Crippen LogP contribution in [0.2, 0.25) is 0 Å². The van der Waals surface area contributed by atoms with Gasteiger partial charge in [-0.3, -0.25) is 0 Å². The Morgan fingerprint density at radius 2 is 2.13 bits per heavy atom. The Bertz CT molecular complexity index is 294. The number of rotatable bonds is 1. The standard InChI is InChI=1S/C9H14N2O.C3H8/c1-3-8-6-10-11-7(2)4-5-12-9(8)11;1-3-2/h6-7H,3-5H2,1-2H3;3H2,1-2H3. The van der Waals surface area contributed by atoms with Gasteiger partial charge in [-0.15, -0.1) is 0 Å². The van der Waals surface area contributed by atoms with Gasteiger partial charge in [0.15, 0.2) is 0 Å². The van der Waals surface area contributed by atoms with Gasteiger partial charge < -0.3 is 4.74 Å². The van der Waals surface area contributed by atoms with Crippen molar-refractivity contribution in [2.45, 2.75) is 53.0 Å². The third-order valence-electron chi connectivity index (χ3n) is 2.39. The summed E-state index contributed by atoms with van der Waals surface area (Å²) in [5, 5.41) is 4.30. The maximum Gasteiger partial charge on any atom is 0.215 e. The van der Waals surface area contributed by atoms with Crippen molar-refractivity contribution in [1.82, 2.24) is 9.78 Å². The van der Waals surface area contributed by atoms with Gasteiger partial charge in [-0.2, -0.15) is 5.10 Å². The molecule has 0 saturated carbocycles. The van der Waals surface area contributed by atoms with Crippen molar-refractivity contribution >= 4 is 0 Å². The highest BCUT2D eigenvalue weighted by molar-refractivity contribution is 5.25. The first kappa shape index (κ1) is 12.1. The summed E-state index contributed by atoms with van der Waals surface area (Å²) in [7, 11) is 0. The molecule has 0 bridgehead atoms. The summed E-state index contributed by atoms with van der Waals surface area (Å²) >= 11 is 0. The third-order valence-corrected chi connectivity index (χ3v) is 2.39. The van der Waals surface area contributed by atoms with Crippen molar-refractivity contribution < 1.29 is 4.74 Å². The summed E-state index contributed by atoms with van der Waals surface area (Å²) in [4.78, 5) is 0. The van der Waals surface area contributed by atoms with E-state index in [0.29, 0.717) is 6.04 Å². The van der Waals surface area contributed by atoms with Crippen molar-refractivity contribution in [1.29, 1.82) is 0 Å². The molecule has 1 aromatic heterocycles. The van der Waals surface area contributed by atoms with Gasteiger partial charge in [-0.1, -0.05) is 27.2 Å². The van der Waals surface area contributed by atoms with Gasteiger partial charge in [-0.05, 0) is 13.3 Å². The molecule has 0 aromatic carbocycles. The van der Waals surface area contributed by atoms with E-state index < -0.39 is 0 Å². The fourth-order valence-electron chi connectivity index (χ4n) is 1.55. The molecule has 3 nitrogen and oxygen atoms in total. The molecule has 0 N–H and O–H groups in total. The van der Waals surface area contributed by atoms with Crippen LogP contribution in [0.5, 0.6) is 5.88 Å². The number of aromatic nitrogens is 2. The van der Waals surface area contributed by atoms with Crippen LogP contribution in [0.4, 0.5) is 0 Å². The molecule has 0 spiro atoms. The van der Waals surface area contributed by atoms with Crippen molar-refractivity contribution in [3.8, 4) is 5.88 Å². The highest BCUT2D eigenvalue weighted by Crippen LogP contribution is 2.28. The molecule has 2 rings (SSSR count). The molecule has 3 heteroatoms. The van der Waals surface area contributed by atoms with Crippen LogP contribution in [0.3, 0.4) is 0 Å². The van der Waals surface area contributed by atoms with Crippen LogP contribution >= 0.6 is 0 Å². The van der Waals surface area contributed by atoms with Gasteiger partial charge in [0, 0.05) is 12.0 Å². The number of fused-ring (bicyclic) bond motifs is 1. The molecule has 1 atom stereocenters. The lowest BCUT2D eigenvalue weighted by atomic mass is 10.2. The highest BCUT2D eigenvalue weighted by atomic mass is 16.5. The highest BCUT2D eigenvalue weighted by Gasteiger charge is 2.20. The fourth-order valence-corrected chi connectivity index (χ4v) is 1.55. The zero-order valence-corrected chi connectivity index (χ0v) is 10.3. The predicted octanol–water partition coefficient (Wildman–Crippen LogP) is 3.21. The first-order valence-corrected chi connectivity index (χ1v) is 5.93. The summed E-state index contributed by atoms with van der Waals surface area (Å²) in [6.45, 7) is 9.39. The van der Waals surface area contributed by atoms with E-state index in [1.807, 2.05) is 10.9 Å². The Labute approximate surface area is 92.4 Å². The maximum atomic E-state index is 5.56. The summed E-state index contributed by atoms with van der Waals surface area (Å²) in [6, 6.07) is 0.494. The second kappa shape index (κ2) is 5.79. The average Bonchev–Trinajstić information content (AvgIpc) is 2.63. The Morgan fingerprint density at radius 1 is 1.47 bits per heavy atom. The van der Waals surface area contributed by atoms with Crippen LogP contribution in [-0.2, 0) is 6.42 Å². The van der Waals surface area contributed by atoms with Gasteiger partial charge in [-0.25, -0.2) is 4.68 Å². The molecule has 0 radical (unpaired) electrons. The molecular weight excluding hydrogens is 188 g/mol. The molecule has 0 saturated heterocycles. The molecule has 86 valence electrons. The van der Waals surface area contributed by atoms with E-state index in [9.17, 15) is 0 Å². The molecule has 0 amide bonds. The van der Waals surface area contributed by atoms with Crippen molar-refractivity contribution in [2.75, 3.05) is 6.61 Å². The molecule has 0 aliphatic carbocycles. The van der Waals surface area contributed by atoms with Gasteiger partial charge >= 0.3 is 0 Å². The first-order chi connectivity index (χ1) is 7.24. The Morgan fingerprint density at radius 3 is 2.73 bits per heavy atom. The number of ether oxygens (including phenoxy) is 1. The number of aryl methyl sites for hydroxylation is 1. The lowest BCUT2D eigenvalue weighted by molar-refractivity contribution is 0.199. The van der Waals surface area contributed by atoms with E-state index in [-0.39, 0.29) is 0 Å². The van der Waals surface area contributed by atoms with Crippen LogP contribution in [-0.4, -0.2) is 16.4 Å². The van der Waals surface area contributed by atoms with E-state index in [0.717, 1.165) is 25.3 Å². The van der Waals surface area contributed by atoms with E-state index in [1.54, 1.807) is 0 Å². The topological polar surface area (TPSA) is 27.1 Å². The molecule has 15 heavy (non-hydrogen) atoms. The summed E-state index contributed by atoms with van der Waals surface area (Å²) in [5.74, 6) is 0.983. The van der Waals surface area contributed by atoms with Crippen LogP contribution in [0, 0.1) is 0 Å². The summed E-state index contributed by atoms with van der Waals surface area (Å²) < 4.78 is 7.54. The lowest BCUT2D eigenvalue weighted by Gasteiger charge is -2.22. The minimum Gasteiger partial charge on any atom is -0.478 e. The molecule has 0 fully saturated rings. The van der Waals surface area contributed by atoms with Gasteiger partial charge in [0.25, 0.3) is 0 Å². The summed E-state index contributed by atoms with van der Waals surface area (Å²) in [5.41, 5.74) is 1.22. The van der Waals surface area contributed by atoms with E-state index in [2.05, 4.69) is 32.8 Å². The minimum absolute atomic E-state index is 0.494. The van der Waals surface area contributed by atoms with Gasteiger partial charge in [0.2, 0.25) is 5.88 Å². The van der Waals surface area contributed by atoms with Crippen LogP contribution in [0.1, 0.15) is 52.1 Å². The molecular formula is C12H22N2O. The van der Waals surface area contributed by atoms with Crippen molar-refractivity contribution in [2.24, 2.45) is 0 Å². The second-order valence-corrected chi connectivity index (χ2v) is 3.97. The quantitative estimate of drug-likeness (QED) is 0.711. The van der Waals surface area contributed by atoms with Crippen molar-refractivity contribution in [3.05, 3.63) is 11.8 Å². The van der Waals surface area contributed by atoms with Crippen LogP contribution in [0.25, 0.3) is 0 Å². The lowest BCUT2D eigenvalue weighted by Crippen LogP contribution is -2.19. The Balaban J connectivity index is 0.000000337. The van der Waals surface area contributed by atoms with E-state index in [1.165, 1.54) is 12.0 Å². The summed E-state index contributed by atoms with van der Waals surface area (Å²) in [6.07, 6.45) is 5.23. The normalized spacial score (nSPS) is 18.5. The van der Waals surface area contributed by atoms with Gasteiger partial charge in [0.1, 0.15) is 0 Å². The molecule has 2 heterocycles. The Kier molecular flexibility index (Phi) is 4.66. The number of hydrogen-bond donors (Lipinski definition) is 0. The van der Waals surface area contributed by atoms with Crippen LogP contribution < -0.4 is 4.74 Å². The first-order valence-electron chi connectivity index (χ1n) is 5.93. The number of hydrogen-bond acceptors (Lipinski definition) is 2. The maximum absolute atomic E-state index is 5.56. The zero-order chi connectivity index (χ0) is 11.3. The van der Waals surface area contributed by atoms with Crippen molar-refractivity contribution in [3.63, 3.8) is 0 Å². The van der Waals surface area contributed by atoms with Gasteiger partial charge in [0.05, 0.1) is 18.8 Å². The van der Waals surface area contributed by atoms with E-state index in [4.69, 9.17) is 4.74 Å². The fraction of sp³-hybridized carbons (Fsp3) is 0.750. The molecule has 1 aliphatic rings. The smallest absolute Gasteiger partial charge is 0.215 e. The minimum atomic E-state index is 0.494. The molecule has 1 aromatic rings. The predicted molar refractivity (Wildman–Crippen MR) is 62.4 cm³/mol. The SMILES string of the molecule is CCC.CCc1cnn2c1OCCC2C. The Hall–Kier alpha value is -0.990. The molecule has 1 aliphatic heterocycles. The second-order valence-electron chi connectivity index (χ2n) is 3.97. The number of nitrogens with zero attached hydrogens (tertiary/aromatic N) is 2. The zero-order valence-electron chi connectivity index (χ0n) is 10.3. The average molecular weight is 210 g/mol. The third kappa shape index (κ3) is 2.74. The monoisotopic (exact) mass is 210 g/mol. The van der Waals surface area contributed by atoms with Crippen LogP contribution in [0.15, 0.2) is 6.20 Å². The largest absolute Gasteiger partial charge is 0.478 e.